The monoisotopic (exact) mass is 378 g/mol. The van der Waals surface area contributed by atoms with E-state index >= 15 is 0 Å². The number of benzene rings is 1. The summed E-state index contributed by atoms with van der Waals surface area (Å²) < 4.78 is 10.5. The van der Waals surface area contributed by atoms with Crippen LogP contribution in [0.25, 0.3) is 0 Å². The molecule has 0 aliphatic rings. The molecule has 27 heavy (non-hydrogen) atoms. The van der Waals surface area contributed by atoms with E-state index in [0.29, 0.717) is 17.9 Å². The molecule has 0 bridgehead atoms. The number of esters is 1. The van der Waals surface area contributed by atoms with Gasteiger partial charge in [0.2, 0.25) is 0 Å². The van der Waals surface area contributed by atoms with Crippen molar-refractivity contribution in [2.24, 2.45) is 5.92 Å². The lowest BCUT2D eigenvalue weighted by atomic mass is 10.0. The molecule has 1 atom stereocenters. The van der Waals surface area contributed by atoms with Crippen molar-refractivity contribution in [1.82, 2.24) is 10.6 Å². The van der Waals surface area contributed by atoms with Gasteiger partial charge in [-0.15, -0.1) is 0 Å². The minimum absolute atomic E-state index is 0.216. The molecule has 0 heterocycles. The molecule has 0 spiro atoms. The molecule has 150 valence electrons. The Kier molecular flexibility index (Phi) is 8.28. The topological polar surface area (TPSA) is 93.7 Å². The van der Waals surface area contributed by atoms with Gasteiger partial charge in [0, 0.05) is 5.54 Å². The molecule has 0 fully saturated rings. The quantitative estimate of drug-likeness (QED) is 0.677. The Bertz CT molecular complexity index is 665. The van der Waals surface area contributed by atoms with Crippen molar-refractivity contribution in [3.05, 3.63) is 29.8 Å². The lowest BCUT2D eigenvalue weighted by Crippen LogP contribution is -2.47. The van der Waals surface area contributed by atoms with Gasteiger partial charge in [-0.1, -0.05) is 26.0 Å². The smallest absolute Gasteiger partial charge is 0.329 e. The van der Waals surface area contributed by atoms with Gasteiger partial charge in [0.1, 0.15) is 11.8 Å². The third-order valence-corrected chi connectivity index (χ3v) is 3.50. The summed E-state index contributed by atoms with van der Waals surface area (Å²) in [6.45, 7) is 10.9. The zero-order valence-electron chi connectivity index (χ0n) is 16.9. The van der Waals surface area contributed by atoms with Crippen LogP contribution in [0.5, 0.6) is 5.75 Å². The van der Waals surface area contributed by atoms with Gasteiger partial charge < -0.3 is 20.1 Å². The molecule has 0 aliphatic heterocycles. The number of para-hydroxylation sites is 1. The standard InChI is InChI=1S/C20H30N2O5/c1-7-26-15-11-9-8-10-14(15)18(24)21-17(13(2)3)19(25)27-12-16(23)22-20(4,5)6/h8-11,13,17H,7,12H2,1-6H3,(H,21,24)(H,22,23)/t17-/m0/s1. The second-order valence-corrected chi connectivity index (χ2v) is 7.53. The van der Waals surface area contributed by atoms with Gasteiger partial charge in [0.05, 0.1) is 12.2 Å². The van der Waals surface area contributed by atoms with Crippen LogP contribution in [0.1, 0.15) is 51.9 Å². The van der Waals surface area contributed by atoms with Gasteiger partial charge >= 0.3 is 5.97 Å². The maximum atomic E-state index is 12.6. The van der Waals surface area contributed by atoms with E-state index in [1.54, 1.807) is 38.1 Å². The van der Waals surface area contributed by atoms with E-state index in [-0.39, 0.29) is 5.92 Å². The zero-order chi connectivity index (χ0) is 20.6. The average molecular weight is 378 g/mol. The highest BCUT2D eigenvalue weighted by Crippen LogP contribution is 2.18. The Hall–Kier alpha value is -2.57. The lowest BCUT2D eigenvalue weighted by molar-refractivity contribution is -0.151. The largest absolute Gasteiger partial charge is 0.493 e. The van der Waals surface area contributed by atoms with Crippen molar-refractivity contribution < 1.29 is 23.9 Å². The Balaban J connectivity index is 2.77. The number of nitrogens with one attached hydrogen (secondary N) is 2. The summed E-state index contributed by atoms with van der Waals surface area (Å²) in [5, 5.41) is 5.39. The average Bonchev–Trinajstić information content (AvgIpc) is 2.56. The van der Waals surface area contributed by atoms with E-state index < -0.39 is 36.0 Å². The minimum atomic E-state index is -0.880. The van der Waals surface area contributed by atoms with Gasteiger partial charge in [-0.05, 0) is 45.7 Å². The summed E-state index contributed by atoms with van der Waals surface area (Å²) in [4.78, 5) is 36.8. The number of hydrogen-bond donors (Lipinski definition) is 2. The Morgan fingerprint density at radius 3 is 2.30 bits per heavy atom. The van der Waals surface area contributed by atoms with Crippen LogP contribution in [0.2, 0.25) is 0 Å². The van der Waals surface area contributed by atoms with Crippen molar-refractivity contribution in [3.63, 3.8) is 0 Å². The lowest BCUT2D eigenvalue weighted by Gasteiger charge is -2.23. The van der Waals surface area contributed by atoms with Crippen molar-refractivity contribution in [2.45, 2.75) is 53.1 Å². The molecule has 0 unspecified atom stereocenters. The van der Waals surface area contributed by atoms with Crippen LogP contribution < -0.4 is 15.4 Å². The molecule has 0 aliphatic carbocycles. The normalized spacial score (nSPS) is 12.3. The maximum absolute atomic E-state index is 12.6. The van der Waals surface area contributed by atoms with Gasteiger partial charge in [-0.25, -0.2) is 4.79 Å². The summed E-state index contributed by atoms with van der Waals surface area (Å²) in [7, 11) is 0. The first-order valence-corrected chi connectivity index (χ1v) is 9.05. The van der Waals surface area contributed by atoms with Crippen molar-refractivity contribution in [2.75, 3.05) is 13.2 Å². The number of hydrogen-bond acceptors (Lipinski definition) is 5. The fourth-order valence-electron chi connectivity index (χ4n) is 2.33. The van der Waals surface area contributed by atoms with E-state index in [4.69, 9.17) is 9.47 Å². The Morgan fingerprint density at radius 2 is 1.74 bits per heavy atom. The zero-order valence-corrected chi connectivity index (χ0v) is 16.9. The first-order chi connectivity index (χ1) is 12.5. The Morgan fingerprint density at radius 1 is 1.11 bits per heavy atom. The number of carbonyl (C=O) groups is 3. The highest BCUT2D eigenvalue weighted by Gasteiger charge is 2.28. The molecule has 1 rings (SSSR count). The van der Waals surface area contributed by atoms with E-state index in [2.05, 4.69) is 10.6 Å². The summed E-state index contributed by atoms with van der Waals surface area (Å²) in [6, 6.07) is 5.92. The van der Waals surface area contributed by atoms with Crippen molar-refractivity contribution >= 4 is 17.8 Å². The minimum Gasteiger partial charge on any atom is -0.493 e. The van der Waals surface area contributed by atoms with Crippen LogP contribution in [0.3, 0.4) is 0 Å². The molecule has 7 nitrogen and oxygen atoms in total. The first kappa shape index (κ1) is 22.5. The fourth-order valence-corrected chi connectivity index (χ4v) is 2.33. The molecule has 2 amide bonds. The second kappa shape index (κ2) is 9.94. The van der Waals surface area contributed by atoms with E-state index in [9.17, 15) is 14.4 Å². The number of amides is 2. The van der Waals surface area contributed by atoms with Gasteiger partial charge in [-0.3, -0.25) is 9.59 Å². The van der Waals surface area contributed by atoms with E-state index in [1.807, 2.05) is 27.7 Å². The van der Waals surface area contributed by atoms with Crippen LogP contribution in [0.4, 0.5) is 0 Å². The van der Waals surface area contributed by atoms with Gasteiger partial charge in [0.25, 0.3) is 11.8 Å². The van der Waals surface area contributed by atoms with Crippen LogP contribution in [0.15, 0.2) is 24.3 Å². The second-order valence-electron chi connectivity index (χ2n) is 7.53. The molecule has 0 aromatic heterocycles. The third kappa shape index (κ3) is 7.68. The molecule has 2 N–H and O–H groups in total. The molecule has 0 radical (unpaired) electrons. The van der Waals surface area contributed by atoms with Crippen LogP contribution in [-0.4, -0.2) is 42.6 Å². The van der Waals surface area contributed by atoms with Gasteiger partial charge in [0.15, 0.2) is 6.61 Å². The van der Waals surface area contributed by atoms with Crippen LogP contribution in [0, 0.1) is 5.92 Å². The summed E-state index contributed by atoms with van der Waals surface area (Å²) in [5.74, 6) is -1.26. The molecule has 1 aromatic carbocycles. The first-order valence-electron chi connectivity index (χ1n) is 9.05. The molecule has 0 saturated carbocycles. The molecule has 7 heteroatoms. The highest BCUT2D eigenvalue weighted by atomic mass is 16.5. The SMILES string of the molecule is CCOc1ccccc1C(=O)N[C@H](C(=O)OCC(=O)NC(C)(C)C)C(C)C. The Labute approximate surface area is 160 Å². The van der Waals surface area contributed by atoms with Crippen LogP contribution in [-0.2, 0) is 14.3 Å². The number of carbonyl (C=O) groups excluding carboxylic acids is 3. The summed E-state index contributed by atoms with van der Waals surface area (Å²) in [5.41, 5.74) is -0.0821. The van der Waals surface area contributed by atoms with E-state index in [0.717, 1.165) is 0 Å². The molecule has 0 saturated heterocycles. The molecule has 1 aromatic rings. The summed E-state index contributed by atoms with van der Waals surface area (Å²) >= 11 is 0. The van der Waals surface area contributed by atoms with Crippen molar-refractivity contribution in [3.8, 4) is 5.75 Å². The maximum Gasteiger partial charge on any atom is 0.329 e. The summed E-state index contributed by atoms with van der Waals surface area (Å²) in [6.07, 6.45) is 0. The fraction of sp³-hybridized carbons (Fsp3) is 0.550. The van der Waals surface area contributed by atoms with Crippen molar-refractivity contribution in [1.29, 1.82) is 0 Å². The predicted molar refractivity (Wildman–Crippen MR) is 103 cm³/mol. The van der Waals surface area contributed by atoms with E-state index in [1.165, 1.54) is 0 Å². The predicted octanol–water partition coefficient (Wildman–Crippen LogP) is 2.30. The highest BCUT2D eigenvalue weighted by molar-refractivity contribution is 5.99. The number of rotatable bonds is 8. The number of ether oxygens (including phenoxy) is 2. The van der Waals surface area contributed by atoms with Crippen LogP contribution >= 0.6 is 0 Å². The van der Waals surface area contributed by atoms with Gasteiger partial charge in [-0.2, -0.15) is 0 Å². The molecular formula is C20H30N2O5. The third-order valence-electron chi connectivity index (χ3n) is 3.50. The molecular weight excluding hydrogens is 348 g/mol.